The SMILES string of the molecule is CC(C)c1cc(Cl)cc(C(C)C)c1NC(=O)NS(=O)(=O)CCCN(C)C. The quantitative estimate of drug-likeness (QED) is 0.687. The second-order valence-electron chi connectivity index (χ2n) is 7.30. The van der Waals surface area contributed by atoms with E-state index in [0.717, 1.165) is 11.1 Å². The van der Waals surface area contributed by atoms with Crippen LogP contribution in [0.1, 0.15) is 57.1 Å². The van der Waals surface area contributed by atoms with Crippen molar-refractivity contribution in [2.45, 2.75) is 46.0 Å². The van der Waals surface area contributed by atoms with Gasteiger partial charge in [0.25, 0.3) is 0 Å². The van der Waals surface area contributed by atoms with Gasteiger partial charge in [0.1, 0.15) is 0 Å². The predicted octanol–water partition coefficient (Wildman–Crippen LogP) is 3.99. The van der Waals surface area contributed by atoms with Gasteiger partial charge in [-0.1, -0.05) is 39.3 Å². The van der Waals surface area contributed by atoms with Crippen LogP contribution >= 0.6 is 11.6 Å². The first-order chi connectivity index (χ1) is 11.9. The number of carbonyl (C=O) groups is 1. The summed E-state index contributed by atoms with van der Waals surface area (Å²) in [7, 11) is 0.0527. The van der Waals surface area contributed by atoms with E-state index in [-0.39, 0.29) is 17.6 Å². The minimum atomic E-state index is -3.69. The molecule has 2 N–H and O–H groups in total. The van der Waals surface area contributed by atoms with Crippen LogP contribution in [0.2, 0.25) is 5.02 Å². The standard InChI is InChI=1S/C18H30ClN3O3S/c1-12(2)15-10-14(19)11-16(13(3)4)17(15)20-18(23)21-26(24,25)9-7-8-22(5)6/h10-13H,7-9H2,1-6H3,(H2,20,21,23). The van der Waals surface area contributed by atoms with E-state index in [2.05, 4.69) is 10.0 Å². The zero-order valence-electron chi connectivity index (χ0n) is 16.4. The first-order valence-electron chi connectivity index (χ1n) is 8.72. The first kappa shape index (κ1) is 22.7. The fourth-order valence-corrected chi connectivity index (χ4v) is 3.79. The maximum atomic E-state index is 12.3. The number of urea groups is 1. The van der Waals surface area contributed by atoms with Gasteiger partial charge in [-0.15, -0.1) is 0 Å². The van der Waals surface area contributed by atoms with Crippen LogP contribution in [0.5, 0.6) is 0 Å². The molecule has 0 fully saturated rings. The molecule has 1 aromatic rings. The highest BCUT2D eigenvalue weighted by atomic mass is 35.5. The molecule has 0 atom stereocenters. The van der Waals surface area contributed by atoms with E-state index >= 15 is 0 Å². The molecule has 0 unspecified atom stereocenters. The summed E-state index contributed by atoms with van der Waals surface area (Å²) >= 11 is 6.21. The van der Waals surface area contributed by atoms with Gasteiger partial charge in [0.05, 0.1) is 5.75 Å². The molecule has 0 aromatic heterocycles. The number of halogens is 1. The van der Waals surface area contributed by atoms with E-state index < -0.39 is 16.1 Å². The summed E-state index contributed by atoms with van der Waals surface area (Å²) < 4.78 is 26.3. The molecule has 0 saturated heterocycles. The van der Waals surface area contributed by atoms with Crippen molar-refractivity contribution in [1.29, 1.82) is 0 Å². The number of benzene rings is 1. The van der Waals surface area contributed by atoms with Gasteiger partial charge in [0, 0.05) is 10.7 Å². The average Bonchev–Trinajstić information content (AvgIpc) is 2.46. The number of hydrogen-bond donors (Lipinski definition) is 2. The maximum Gasteiger partial charge on any atom is 0.332 e. The van der Waals surface area contributed by atoms with Crippen LogP contribution in [0.15, 0.2) is 12.1 Å². The Morgan fingerprint density at radius 2 is 1.62 bits per heavy atom. The number of sulfonamides is 1. The lowest BCUT2D eigenvalue weighted by Gasteiger charge is -2.21. The van der Waals surface area contributed by atoms with E-state index in [1.54, 1.807) is 12.1 Å². The Morgan fingerprint density at radius 3 is 2.04 bits per heavy atom. The Morgan fingerprint density at radius 1 is 1.12 bits per heavy atom. The van der Waals surface area contributed by atoms with Crippen LogP contribution < -0.4 is 10.0 Å². The number of anilines is 1. The summed E-state index contributed by atoms with van der Waals surface area (Å²) in [5.41, 5.74) is 2.38. The molecule has 0 aliphatic carbocycles. The van der Waals surface area contributed by atoms with Crippen molar-refractivity contribution < 1.29 is 13.2 Å². The third-order valence-corrected chi connectivity index (χ3v) is 5.45. The van der Waals surface area contributed by atoms with Crippen molar-refractivity contribution in [3.63, 3.8) is 0 Å². The van der Waals surface area contributed by atoms with Gasteiger partial charge in [0.2, 0.25) is 10.0 Å². The summed E-state index contributed by atoms with van der Waals surface area (Å²) in [4.78, 5) is 14.2. The fraction of sp³-hybridized carbons (Fsp3) is 0.611. The summed E-state index contributed by atoms with van der Waals surface area (Å²) in [5, 5.41) is 3.32. The second-order valence-corrected chi connectivity index (χ2v) is 9.58. The molecule has 148 valence electrons. The molecule has 2 amide bonds. The molecule has 0 aliphatic heterocycles. The topological polar surface area (TPSA) is 78.5 Å². The third-order valence-electron chi connectivity index (χ3n) is 3.91. The third kappa shape index (κ3) is 7.13. The van der Waals surface area contributed by atoms with Gasteiger partial charge >= 0.3 is 6.03 Å². The summed E-state index contributed by atoms with van der Waals surface area (Å²) in [6, 6.07) is 2.86. The lowest BCUT2D eigenvalue weighted by Crippen LogP contribution is -2.37. The monoisotopic (exact) mass is 403 g/mol. The second kappa shape index (κ2) is 9.58. The van der Waals surface area contributed by atoms with Gasteiger partial charge in [0.15, 0.2) is 0 Å². The van der Waals surface area contributed by atoms with E-state index in [0.29, 0.717) is 23.7 Å². The lowest BCUT2D eigenvalue weighted by atomic mass is 9.92. The van der Waals surface area contributed by atoms with Crippen molar-refractivity contribution in [2.24, 2.45) is 0 Å². The zero-order valence-corrected chi connectivity index (χ0v) is 18.0. The maximum absolute atomic E-state index is 12.3. The number of rotatable bonds is 8. The Labute approximate surface area is 162 Å². The van der Waals surface area contributed by atoms with E-state index in [9.17, 15) is 13.2 Å². The molecule has 1 aromatic carbocycles. The molecule has 6 nitrogen and oxygen atoms in total. The van der Waals surface area contributed by atoms with E-state index in [4.69, 9.17) is 11.6 Å². The smallest absolute Gasteiger partial charge is 0.309 e. The van der Waals surface area contributed by atoms with Gasteiger partial charge < -0.3 is 10.2 Å². The normalized spacial score (nSPS) is 12.1. The van der Waals surface area contributed by atoms with E-state index in [1.165, 1.54) is 0 Å². The summed E-state index contributed by atoms with van der Waals surface area (Å²) in [5.74, 6) is 0.143. The number of amides is 2. The molecule has 0 aliphatic rings. The molecule has 1 rings (SSSR count). The Bertz CT molecular complexity index is 702. The van der Waals surface area contributed by atoms with Gasteiger partial charge in [-0.2, -0.15) is 0 Å². The molecule has 26 heavy (non-hydrogen) atoms. The van der Waals surface area contributed by atoms with Crippen molar-refractivity contribution in [2.75, 3.05) is 31.7 Å². The van der Waals surface area contributed by atoms with Gasteiger partial charge in [-0.3, -0.25) is 0 Å². The molecule has 0 saturated carbocycles. The molecule has 0 bridgehead atoms. The largest absolute Gasteiger partial charge is 0.332 e. The first-order valence-corrected chi connectivity index (χ1v) is 10.8. The van der Waals surface area contributed by atoms with Gasteiger partial charge in [-0.25, -0.2) is 17.9 Å². The van der Waals surface area contributed by atoms with Crippen LogP contribution in [-0.4, -0.2) is 45.7 Å². The zero-order chi connectivity index (χ0) is 20.1. The molecule has 0 radical (unpaired) electrons. The van der Waals surface area contributed by atoms with Crippen molar-refractivity contribution in [3.05, 3.63) is 28.3 Å². The predicted molar refractivity (Wildman–Crippen MR) is 109 cm³/mol. The molecule has 0 heterocycles. The van der Waals surface area contributed by atoms with E-state index in [1.807, 2.05) is 46.7 Å². The van der Waals surface area contributed by atoms with Crippen LogP contribution in [0, 0.1) is 0 Å². The number of nitrogens with zero attached hydrogens (tertiary/aromatic N) is 1. The number of carbonyl (C=O) groups excluding carboxylic acids is 1. The Kier molecular flexibility index (Phi) is 8.37. The Balaban J connectivity index is 2.98. The number of hydrogen-bond acceptors (Lipinski definition) is 4. The van der Waals surface area contributed by atoms with Crippen molar-refractivity contribution in [1.82, 2.24) is 9.62 Å². The summed E-state index contributed by atoms with van der Waals surface area (Å²) in [6.07, 6.45) is 0.449. The number of nitrogens with one attached hydrogen (secondary N) is 2. The molecular weight excluding hydrogens is 374 g/mol. The lowest BCUT2D eigenvalue weighted by molar-refractivity contribution is 0.256. The highest BCUT2D eigenvalue weighted by Crippen LogP contribution is 2.35. The average molecular weight is 404 g/mol. The fourth-order valence-electron chi connectivity index (χ4n) is 2.61. The minimum absolute atomic E-state index is 0.104. The van der Waals surface area contributed by atoms with Gasteiger partial charge in [-0.05, 0) is 62.2 Å². The minimum Gasteiger partial charge on any atom is -0.309 e. The summed E-state index contributed by atoms with van der Waals surface area (Å²) in [6.45, 7) is 8.62. The van der Waals surface area contributed by atoms with Crippen LogP contribution in [-0.2, 0) is 10.0 Å². The van der Waals surface area contributed by atoms with Crippen LogP contribution in [0.3, 0.4) is 0 Å². The van der Waals surface area contributed by atoms with Crippen LogP contribution in [0.4, 0.5) is 10.5 Å². The highest BCUT2D eigenvalue weighted by Gasteiger charge is 2.20. The molecular formula is C18H30ClN3O3S. The molecule has 0 spiro atoms. The molecule has 8 heteroatoms. The van der Waals surface area contributed by atoms with Crippen LogP contribution in [0.25, 0.3) is 0 Å². The Hall–Kier alpha value is -1.31. The van der Waals surface area contributed by atoms with Crippen molar-refractivity contribution in [3.8, 4) is 0 Å². The highest BCUT2D eigenvalue weighted by molar-refractivity contribution is 7.90. The van der Waals surface area contributed by atoms with Crippen molar-refractivity contribution >= 4 is 33.3 Å².